The van der Waals surface area contributed by atoms with E-state index < -0.39 is 0 Å². The quantitative estimate of drug-likeness (QED) is 0.700. The molecule has 0 amide bonds. The minimum absolute atomic E-state index is 0.111. The van der Waals surface area contributed by atoms with Crippen molar-refractivity contribution in [3.05, 3.63) is 39.4 Å². The van der Waals surface area contributed by atoms with Gasteiger partial charge in [0.05, 0.1) is 11.2 Å². The number of aromatic amines is 1. The Labute approximate surface area is 167 Å². The van der Waals surface area contributed by atoms with Crippen molar-refractivity contribution in [2.45, 2.75) is 65.8 Å². The highest BCUT2D eigenvalue weighted by Crippen LogP contribution is 2.28. The summed E-state index contributed by atoms with van der Waals surface area (Å²) in [6.45, 7) is 9.86. The number of rotatable bonds is 4. The van der Waals surface area contributed by atoms with Crippen molar-refractivity contribution in [2.24, 2.45) is 11.8 Å². The molecule has 2 aromatic rings. The van der Waals surface area contributed by atoms with E-state index in [1.807, 2.05) is 6.92 Å². The van der Waals surface area contributed by atoms with Crippen LogP contribution in [0.25, 0.3) is 10.9 Å². The fourth-order valence-corrected chi connectivity index (χ4v) is 3.96. The third-order valence-electron chi connectivity index (χ3n) is 6.14. The van der Waals surface area contributed by atoms with Crippen LogP contribution in [0.5, 0.6) is 0 Å². The summed E-state index contributed by atoms with van der Waals surface area (Å²) in [6.07, 6.45) is 8.06. The van der Waals surface area contributed by atoms with Crippen molar-refractivity contribution in [3.63, 3.8) is 0 Å². The Kier molecular flexibility index (Phi) is 6.76. The molecule has 5 heteroatoms. The zero-order valence-corrected chi connectivity index (χ0v) is 17.6. The monoisotopic (exact) mass is 387 g/mol. The summed E-state index contributed by atoms with van der Waals surface area (Å²) < 4.78 is 14.6. The molecule has 28 heavy (non-hydrogen) atoms. The SMILES string of the molecule is CC1CC1.CCC1NCCCC1CNc1c(F)cc2c(=O)c(C)c[nH]c2c1C. The van der Waals surface area contributed by atoms with Gasteiger partial charge in [0.1, 0.15) is 5.82 Å². The molecule has 0 radical (unpaired) electrons. The summed E-state index contributed by atoms with van der Waals surface area (Å²) in [4.78, 5) is 15.4. The second kappa shape index (κ2) is 9.08. The molecule has 1 aromatic heterocycles. The van der Waals surface area contributed by atoms with Gasteiger partial charge in [0, 0.05) is 29.7 Å². The number of hydrogen-bond acceptors (Lipinski definition) is 3. The van der Waals surface area contributed by atoms with Gasteiger partial charge < -0.3 is 15.6 Å². The smallest absolute Gasteiger partial charge is 0.192 e. The van der Waals surface area contributed by atoms with Crippen molar-refractivity contribution in [1.29, 1.82) is 0 Å². The van der Waals surface area contributed by atoms with Crippen LogP contribution in [0.2, 0.25) is 0 Å². The second-order valence-electron chi connectivity index (χ2n) is 8.52. The van der Waals surface area contributed by atoms with E-state index in [4.69, 9.17) is 0 Å². The minimum atomic E-state index is -0.354. The van der Waals surface area contributed by atoms with Gasteiger partial charge in [0.15, 0.2) is 5.43 Å². The van der Waals surface area contributed by atoms with E-state index in [2.05, 4.69) is 29.5 Å². The number of hydrogen-bond donors (Lipinski definition) is 3. The first-order valence-electron chi connectivity index (χ1n) is 10.7. The maximum Gasteiger partial charge on any atom is 0.192 e. The largest absolute Gasteiger partial charge is 0.382 e. The lowest BCUT2D eigenvalue weighted by molar-refractivity contribution is 0.285. The summed E-state index contributed by atoms with van der Waals surface area (Å²) in [7, 11) is 0. The van der Waals surface area contributed by atoms with Gasteiger partial charge in [-0.2, -0.15) is 0 Å². The van der Waals surface area contributed by atoms with Gasteiger partial charge in [-0.1, -0.05) is 26.7 Å². The highest BCUT2D eigenvalue weighted by atomic mass is 19.1. The van der Waals surface area contributed by atoms with E-state index >= 15 is 0 Å². The number of pyridine rings is 1. The van der Waals surface area contributed by atoms with E-state index in [0.717, 1.165) is 43.8 Å². The highest BCUT2D eigenvalue weighted by molar-refractivity contribution is 5.87. The van der Waals surface area contributed by atoms with Crippen molar-refractivity contribution in [1.82, 2.24) is 10.3 Å². The molecule has 2 unspecified atom stereocenters. The summed E-state index contributed by atoms with van der Waals surface area (Å²) in [5.41, 5.74) is 2.46. The average Bonchev–Trinajstić information content (AvgIpc) is 3.48. The number of aromatic nitrogens is 1. The zero-order valence-electron chi connectivity index (χ0n) is 17.6. The molecule has 1 aromatic carbocycles. The number of anilines is 1. The maximum absolute atomic E-state index is 14.6. The Morgan fingerprint density at radius 2 is 1.96 bits per heavy atom. The Balaban J connectivity index is 0.000000500. The molecular weight excluding hydrogens is 353 g/mol. The molecule has 1 aliphatic carbocycles. The van der Waals surface area contributed by atoms with Gasteiger partial charge in [-0.15, -0.1) is 0 Å². The first-order valence-corrected chi connectivity index (χ1v) is 10.7. The van der Waals surface area contributed by atoms with Gasteiger partial charge in [-0.05, 0) is 63.1 Å². The predicted octanol–water partition coefficient (Wildman–Crippen LogP) is 4.89. The fraction of sp³-hybridized carbons (Fsp3) is 0.609. The highest BCUT2D eigenvalue weighted by Gasteiger charge is 2.23. The van der Waals surface area contributed by atoms with Gasteiger partial charge in [-0.25, -0.2) is 4.39 Å². The molecule has 1 saturated heterocycles. The number of halogens is 1. The van der Waals surface area contributed by atoms with Crippen LogP contribution in [-0.4, -0.2) is 24.1 Å². The topological polar surface area (TPSA) is 56.9 Å². The maximum atomic E-state index is 14.6. The van der Waals surface area contributed by atoms with Crippen LogP contribution in [0, 0.1) is 31.5 Å². The molecule has 2 fully saturated rings. The Bertz CT molecular complexity index is 872. The van der Waals surface area contributed by atoms with E-state index in [9.17, 15) is 9.18 Å². The summed E-state index contributed by atoms with van der Waals surface area (Å²) in [5, 5.41) is 7.27. The minimum Gasteiger partial charge on any atom is -0.382 e. The van der Waals surface area contributed by atoms with Gasteiger partial charge in [0.25, 0.3) is 0 Å². The molecular formula is C23H34FN3O. The molecule has 1 saturated carbocycles. The standard InChI is InChI=1S/C19H26FN3O.C4H8/c1-4-16-13(6-5-7-21-16)10-23-18-12(3)17-14(8-15(18)20)19(24)11(2)9-22-17;1-4-2-3-4/h8-9,13,16,21,23H,4-7,10H2,1-3H3,(H,22,24);4H,2-3H2,1H3. The van der Waals surface area contributed by atoms with Crippen LogP contribution in [0.15, 0.2) is 17.1 Å². The lowest BCUT2D eigenvalue weighted by Crippen LogP contribution is -2.43. The van der Waals surface area contributed by atoms with Crippen molar-refractivity contribution in [3.8, 4) is 0 Å². The van der Waals surface area contributed by atoms with E-state index in [1.165, 1.54) is 18.9 Å². The number of piperidine rings is 1. The number of nitrogens with one attached hydrogen (secondary N) is 3. The van der Waals surface area contributed by atoms with Crippen LogP contribution < -0.4 is 16.1 Å². The average molecular weight is 388 g/mol. The molecule has 2 aliphatic rings. The molecule has 4 rings (SSSR count). The van der Waals surface area contributed by atoms with Gasteiger partial charge in [-0.3, -0.25) is 4.79 Å². The Morgan fingerprint density at radius 1 is 1.25 bits per heavy atom. The van der Waals surface area contributed by atoms with Crippen LogP contribution in [0.3, 0.4) is 0 Å². The second-order valence-corrected chi connectivity index (χ2v) is 8.52. The number of aryl methyl sites for hydroxylation is 2. The first kappa shape index (κ1) is 20.8. The normalized spacial score (nSPS) is 21.9. The van der Waals surface area contributed by atoms with Crippen LogP contribution >= 0.6 is 0 Å². The van der Waals surface area contributed by atoms with Crippen molar-refractivity contribution >= 4 is 16.6 Å². The third kappa shape index (κ3) is 4.75. The lowest BCUT2D eigenvalue weighted by atomic mass is 9.89. The lowest BCUT2D eigenvalue weighted by Gasteiger charge is -2.32. The molecule has 2 atom stereocenters. The zero-order chi connectivity index (χ0) is 20.3. The Hall–Kier alpha value is -1.88. The van der Waals surface area contributed by atoms with E-state index in [-0.39, 0.29) is 11.2 Å². The summed E-state index contributed by atoms with van der Waals surface area (Å²) in [5.74, 6) is 1.23. The molecule has 2 heterocycles. The predicted molar refractivity (Wildman–Crippen MR) is 116 cm³/mol. The first-order chi connectivity index (χ1) is 13.4. The van der Waals surface area contributed by atoms with Gasteiger partial charge >= 0.3 is 0 Å². The number of fused-ring (bicyclic) bond motifs is 1. The third-order valence-corrected chi connectivity index (χ3v) is 6.14. The Morgan fingerprint density at radius 3 is 2.61 bits per heavy atom. The van der Waals surface area contributed by atoms with Crippen LogP contribution in [0.4, 0.5) is 10.1 Å². The van der Waals surface area contributed by atoms with Crippen molar-refractivity contribution in [2.75, 3.05) is 18.4 Å². The fourth-order valence-electron chi connectivity index (χ4n) is 3.96. The molecule has 4 nitrogen and oxygen atoms in total. The molecule has 3 N–H and O–H groups in total. The van der Waals surface area contributed by atoms with Crippen LogP contribution in [0.1, 0.15) is 57.1 Å². The van der Waals surface area contributed by atoms with Crippen LogP contribution in [-0.2, 0) is 0 Å². The molecule has 0 bridgehead atoms. The van der Waals surface area contributed by atoms with E-state index in [0.29, 0.717) is 34.1 Å². The van der Waals surface area contributed by atoms with Gasteiger partial charge in [0.2, 0.25) is 0 Å². The summed E-state index contributed by atoms with van der Waals surface area (Å²) in [6, 6.07) is 1.84. The molecule has 1 aliphatic heterocycles. The summed E-state index contributed by atoms with van der Waals surface area (Å²) >= 11 is 0. The number of H-pyrrole nitrogens is 1. The van der Waals surface area contributed by atoms with E-state index in [1.54, 1.807) is 13.1 Å². The van der Waals surface area contributed by atoms with Crippen molar-refractivity contribution < 1.29 is 4.39 Å². The molecule has 154 valence electrons. The molecule has 0 spiro atoms. The number of benzene rings is 1.